The Kier molecular flexibility index (Phi) is 7.04. The van der Waals surface area contributed by atoms with E-state index in [1.807, 2.05) is 27.7 Å². The quantitative estimate of drug-likeness (QED) is 0.645. The standard InChI is InChI=1S/C26H39FN2O3/c1-15(23(31)29-25(3,4)5)19-11-13-26(6)14-12-20(16(2)21(26)22(19)30)28-24(32)17-7-9-18(27)10-8-17/h7-10,15-16,19-22,30H,11-14H2,1-6H3,(H,28,32)(H,29,31)/t15-,16+,19?,20-,21+,22-,26-/m0/s1. The lowest BCUT2D eigenvalue weighted by Crippen LogP contribution is -2.59. The molecule has 0 aromatic heterocycles. The first-order valence-corrected chi connectivity index (χ1v) is 11.9. The van der Waals surface area contributed by atoms with Crippen LogP contribution in [0.2, 0.25) is 0 Å². The second-order valence-corrected chi connectivity index (χ2v) is 11.4. The van der Waals surface area contributed by atoms with Crippen LogP contribution >= 0.6 is 0 Å². The summed E-state index contributed by atoms with van der Waals surface area (Å²) in [5, 5.41) is 17.7. The molecule has 2 fully saturated rings. The Labute approximate surface area is 191 Å². The maximum absolute atomic E-state index is 13.2. The normalized spacial score (nSPS) is 33.7. The summed E-state index contributed by atoms with van der Waals surface area (Å²) >= 11 is 0. The molecule has 178 valence electrons. The number of nitrogens with one attached hydrogen (secondary N) is 2. The number of carbonyl (C=O) groups is 2. The number of aliphatic hydroxyl groups excluding tert-OH is 1. The summed E-state index contributed by atoms with van der Waals surface area (Å²) in [6, 6.07) is 5.48. The van der Waals surface area contributed by atoms with Crippen LogP contribution in [0.1, 0.15) is 77.6 Å². The Morgan fingerprint density at radius 1 is 1.16 bits per heavy atom. The van der Waals surface area contributed by atoms with E-state index in [0.717, 1.165) is 25.7 Å². The topological polar surface area (TPSA) is 78.4 Å². The summed E-state index contributed by atoms with van der Waals surface area (Å²) in [4.78, 5) is 25.5. The fourth-order valence-electron chi connectivity index (χ4n) is 6.03. The molecule has 1 unspecified atom stereocenters. The van der Waals surface area contributed by atoms with Crippen LogP contribution in [0.25, 0.3) is 0 Å². The van der Waals surface area contributed by atoms with Gasteiger partial charge in [-0.2, -0.15) is 0 Å². The third kappa shape index (κ3) is 5.16. The average Bonchev–Trinajstić information content (AvgIpc) is 2.69. The van der Waals surface area contributed by atoms with E-state index in [0.29, 0.717) is 5.56 Å². The third-order valence-electron chi connectivity index (χ3n) is 7.86. The van der Waals surface area contributed by atoms with Crippen molar-refractivity contribution in [3.63, 3.8) is 0 Å². The van der Waals surface area contributed by atoms with Crippen LogP contribution in [-0.4, -0.2) is 34.6 Å². The molecule has 2 saturated carbocycles. The number of benzene rings is 1. The molecule has 0 bridgehead atoms. The van der Waals surface area contributed by atoms with E-state index in [4.69, 9.17) is 0 Å². The highest BCUT2D eigenvalue weighted by Crippen LogP contribution is 2.55. The number of hydrogen-bond donors (Lipinski definition) is 3. The number of carbonyl (C=O) groups excluding carboxylic acids is 2. The number of aliphatic hydroxyl groups is 1. The van der Waals surface area contributed by atoms with Crippen molar-refractivity contribution in [2.75, 3.05) is 0 Å². The second kappa shape index (κ2) is 9.12. The molecular formula is C26H39FN2O3. The maximum Gasteiger partial charge on any atom is 0.251 e. The van der Waals surface area contributed by atoms with Gasteiger partial charge in [-0.3, -0.25) is 9.59 Å². The lowest BCUT2D eigenvalue weighted by atomic mass is 9.51. The average molecular weight is 447 g/mol. The molecule has 2 aliphatic rings. The van der Waals surface area contributed by atoms with Crippen LogP contribution in [0.15, 0.2) is 24.3 Å². The van der Waals surface area contributed by atoms with Crippen molar-refractivity contribution < 1.29 is 19.1 Å². The van der Waals surface area contributed by atoms with Crippen LogP contribution in [0, 0.1) is 34.9 Å². The van der Waals surface area contributed by atoms with Gasteiger partial charge in [-0.05, 0) is 93.9 Å². The highest BCUT2D eigenvalue weighted by Gasteiger charge is 2.54. The summed E-state index contributed by atoms with van der Waals surface area (Å²) in [5.41, 5.74) is 0.112. The van der Waals surface area contributed by atoms with Gasteiger partial charge in [0.2, 0.25) is 5.91 Å². The Hall–Kier alpha value is -1.95. The van der Waals surface area contributed by atoms with Crippen LogP contribution in [-0.2, 0) is 4.79 Å². The van der Waals surface area contributed by atoms with Crippen molar-refractivity contribution in [1.82, 2.24) is 10.6 Å². The van der Waals surface area contributed by atoms with Crippen LogP contribution < -0.4 is 10.6 Å². The molecule has 0 heterocycles. The third-order valence-corrected chi connectivity index (χ3v) is 7.86. The number of halogens is 1. The van der Waals surface area contributed by atoms with E-state index in [9.17, 15) is 19.1 Å². The molecule has 1 aromatic rings. The van der Waals surface area contributed by atoms with E-state index in [1.54, 1.807) is 0 Å². The zero-order valence-electron chi connectivity index (χ0n) is 20.2. The first-order chi connectivity index (χ1) is 14.8. The number of hydrogen-bond acceptors (Lipinski definition) is 3. The van der Waals surface area contributed by atoms with Gasteiger partial charge in [-0.15, -0.1) is 0 Å². The van der Waals surface area contributed by atoms with Gasteiger partial charge >= 0.3 is 0 Å². The predicted molar refractivity (Wildman–Crippen MR) is 123 cm³/mol. The minimum absolute atomic E-state index is 0.00148. The molecule has 0 spiro atoms. The first-order valence-electron chi connectivity index (χ1n) is 11.9. The minimum Gasteiger partial charge on any atom is -0.392 e. The Morgan fingerprint density at radius 3 is 2.34 bits per heavy atom. The second-order valence-electron chi connectivity index (χ2n) is 11.4. The van der Waals surface area contributed by atoms with E-state index < -0.39 is 6.10 Å². The highest BCUT2D eigenvalue weighted by molar-refractivity contribution is 5.94. The van der Waals surface area contributed by atoms with Crippen LogP contribution in [0.4, 0.5) is 4.39 Å². The summed E-state index contributed by atoms with van der Waals surface area (Å²) in [6.45, 7) is 12.1. The van der Waals surface area contributed by atoms with Crippen molar-refractivity contribution in [3.05, 3.63) is 35.6 Å². The summed E-state index contributed by atoms with van der Waals surface area (Å²) in [7, 11) is 0. The molecule has 3 N–H and O–H groups in total. The van der Waals surface area contributed by atoms with Crippen molar-refractivity contribution >= 4 is 11.8 Å². The monoisotopic (exact) mass is 446 g/mol. The van der Waals surface area contributed by atoms with E-state index in [-0.39, 0.29) is 58.3 Å². The Balaban J connectivity index is 1.74. The summed E-state index contributed by atoms with van der Waals surface area (Å²) < 4.78 is 13.2. The summed E-state index contributed by atoms with van der Waals surface area (Å²) in [5.74, 6) is -0.934. The zero-order chi connectivity index (χ0) is 23.8. The summed E-state index contributed by atoms with van der Waals surface area (Å²) in [6.07, 6.45) is 2.96. The van der Waals surface area contributed by atoms with Gasteiger partial charge in [0.25, 0.3) is 5.91 Å². The molecule has 5 nitrogen and oxygen atoms in total. The smallest absolute Gasteiger partial charge is 0.251 e. The maximum atomic E-state index is 13.2. The van der Waals surface area contributed by atoms with Gasteiger partial charge in [0, 0.05) is 23.1 Å². The van der Waals surface area contributed by atoms with Crippen molar-refractivity contribution in [3.8, 4) is 0 Å². The Bertz CT molecular complexity index is 834. The van der Waals surface area contributed by atoms with Gasteiger partial charge in [0.15, 0.2) is 0 Å². The van der Waals surface area contributed by atoms with Gasteiger partial charge in [-0.1, -0.05) is 20.8 Å². The van der Waals surface area contributed by atoms with Gasteiger partial charge in [0.05, 0.1) is 6.10 Å². The Morgan fingerprint density at radius 2 is 1.75 bits per heavy atom. The molecular weight excluding hydrogens is 407 g/mol. The van der Waals surface area contributed by atoms with Crippen molar-refractivity contribution in [1.29, 1.82) is 0 Å². The minimum atomic E-state index is -0.602. The van der Waals surface area contributed by atoms with Crippen molar-refractivity contribution in [2.24, 2.45) is 29.1 Å². The molecule has 1 aromatic carbocycles. The molecule has 2 aliphatic carbocycles. The number of fused-ring (bicyclic) bond motifs is 1. The fourth-order valence-corrected chi connectivity index (χ4v) is 6.03. The zero-order valence-corrected chi connectivity index (χ0v) is 20.2. The largest absolute Gasteiger partial charge is 0.392 e. The van der Waals surface area contributed by atoms with Gasteiger partial charge in [0.1, 0.15) is 5.82 Å². The SMILES string of the molecule is C[C@H]1[C@@H]2[C@@H](O)C([C@H](C)C(=O)NC(C)(C)C)CC[C@@]2(C)CC[C@@H]1NC(=O)c1ccc(F)cc1. The molecule has 0 aliphatic heterocycles. The predicted octanol–water partition coefficient (Wildman–Crippen LogP) is 4.30. The molecule has 3 rings (SSSR count). The first kappa shape index (κ1) is 24.7. The van der Waals surface area contributed by atoms with Gasteiger partial charge < -0.3 is 15.7 Å². The molecule has 6 heteroatoms. The molecule has 7 atom stereocenters. The van der Waals surface area contributed by atoms with Crippen LogP contribution in [0.3, 0.4) is 0 Å². The number of amides is 2. The molecule has 2 amide bonds. The van der Waals surface area contributed by atoms with Gasteiger partial charge in [-0.25, -0.2) is 4.39 Å². The van der Waals surface area contributed by atoms with E-state index >= 15 is 0 Å². The van der Waals surface area contributed by atoms with E-state index in [1.165, 1.54) is 24.3 Å². The van der Waals surface area contributed by atoms with E-state index in [2.05, 4.69) is 24.5 Å². The highest BCUT2D eigenvalue weighted by atomic mass is 19.1. The number of rotatable bonds is 4. The molecule has 32 heavy (non-hydrogen) atoms. The molecule has 0 saturated heterocycles. The van der Waals surface area contributed by atoms with Crippen LogP contribution in [0.5, 0.6) is 0 Å². The molecule has 0 radical (unpaired) electrons. The fraction of sp³-hybridized carbons (Fsp3) is 0.692. The lowest BCUT2D eigenvalue weighted by Gasteiger charge is -2.56. The van der Waals surface area contributed by atoms with Crippen molar-refractivity contribution in [2.45, 2.75) is 84.9 Å². The lowest BCUT2D eigenvalue weighted by molar-refractivity contribution is -0.143.